The third kappa shape index (κ3) is 3.36. The van der Waals surface area contributed by atoms with Gasteiger partial charge in [-0.3, -0.25) is 9.59 Å². The second-order valence-electron chi connectivity index (χ2n) is 5.35. The molecular formula is C17H13Cl3N2O2. The summed E-state index contributed by atoms with van der Waals surface area (Å²) in [5.74, 6) is -0.475. The fourth-order valence-electron chi connectivity index (χ4n) is 2.60. The maximum absolute atomic E-state index is 12.6. The normalized spacial score (nSPS) is 14.9. The lowest BCUT2D eigenvalue weighted by Gasteiger charge is -2.34. The summed E-state index contributed by atoms with van der Waals surface area (Å²) in [7, 11) is 0. The highest BCUT2D eigenvalue weighted by molar-refractivity contribution is 6.43. The molecule has 2 aromatic rings. The van der Waals surface area contributed by atoms with Crippen molar-refractivity contribution in [2.45, 2.75) is 0 Å². The SMILES string of the molecule is O=C(c1cccc(Cl)c1Cl)N1CCN(c2cccc(Cl)c2)C(=O)C1. The summed E-state index contributed by atoms with van der Waals surface area (Å²) < 4.78 is 0. The minimum Gasteiger partial charge on any atom is -0.327 e. The maximum Gasteiger partial charge on any atom is 0.255 e. The Hall–Kier alpha value is -1.75. The summed E-state index contributed by atoms with van der Waals surface area (Å²) in [5.41, 5.74) is 1.02. The van der Waals surface area contributed by atoms with E-state index in [1.165, 1.54) is 4.90 Å². The second kappa shape index (κ2) is 7.01. The predicted octanol–water partition coefficient (Wildman–Crippen LogP) is 4.14. The van der Waals surface area contributed by atoms with Crippen LogP contribution in [0, 0.1) is 0 Å². The molecule has 4 nitrogen and oxygen atoms in total. The largest absolute Gasteiger partial charge is 0.327 e. The summed E-state index contributed by atoms with van der Waals surface area (Å²) in [6.07, 6.45) is 0. The summed E-state index contributed by atoms with van der Waals surface area (Å²) >= 11 is 18.0. The van der Waals surface area contributed by atoms with Gasteiger partial charge in [-0.2, -0.15) is 0 Å². The molecule has 3 rings (SSSR count). The number of nitrogens with zero attached hydrogens (tertiary/aromatic N) is 2. The van der Waals surface area contributed by atoms with E-state index in [2.05, 4.69) is 0 Å². The van der Waals surface area contributed by atoms with Gasteiger partial charge in [0, 0.05) is 23.8 Å². The molecule has 0 saturated carbocycles. The molecule has 0 bridgehead atoms. The highest BCUT2D eigenvalue weighted by Gasteiger charge is 2.29. The van der Waals surface area contributed by atoms with Crippen LogP contribution in [-0.2, 0) is 4.79 Å². The smallest absolute Gasteiger partial charge is 0.255 e. The van der Waals surface area contributed by atoms with E-state index in [0.29, 0.717) is 28.7 Å². The molecule has 1 heterocycles. The van der Waals surface area contributed by atoms with Gasteiger partial charge in [-0.05, 0) is 30.3 Å². The van der Waals surface area contributed by atoms with Gasteiger partial charge in [-0.25, -0.2) is 0 Å². The number of halogens is 3. The molecule has 1 saturated heterocycles. The van der Waals surface area contributed by atoms with Crippen LogP contribution in [0.4, 0.5) is 5.69 Å². The van der Waals surface area contributed by atoms with Crippen LogP contribution in [0.5, 0.6) is 0 Å². The van der Waals surface area contributed by atoms with Crippen LogP contribution in [0.2, 0.25) is 15.1 Å². The van der Waals surface area contributed by atoms with Crippen LogP contribution in [-0.4, -0.2) is 36.3 Å². The van der Waals surface area contributed by atoms with Crippen LogP contribution >= 0.6 is 34.8 Å². The number of anilines is 1. The van der Waals surface area contributed by atoms with Gasteiger partial charge in [0.2, 0.25) is 5.91 Å². The minimum absolute atomic E-state index is 0.0197. The zero-order valence-electron chi connectivity index (χ0n) is 12.5. The van der Waals surface area contributed by atoms with Crippen LogP contribution in [0.1, 0.15) is 10.4 Å². The molecule has 24 heavy (non-hydrogen) atoms. The van der Waals surface area contributed by atoms with Crippen molar-refractivity contribution < 1.29 is 9.59 Å². The van der Waals surface area contributed by atoms with E-state index in [0.717, 1.165) is 5.69 Å². The molecule has 0 N–H and O–H groups in total. The Balaban J connectivity index is 1.77. The van der Waals surface area contributed by atoms with E-state index < -0.39 is 0 Å². The minimum atomic E-state index is -0.304. The molecular weight excluding hydrogens is 371 g/mol. The van der Waals surface area contributed by atoms with Gasteiger partial charge in [0.15, 0.2) is 0 Å². The van der Waals surface area contributed by atoms with Crippen molar-refractivity contribution in [3.8, 4) is 0 Å². The molecule has 0 unspecified atom stereocenters. The molecule has 2 aromatic carbocycles. The summed E-state index contributed by atoms with van der Waals surface area (Å²) in [6, 6.07) is 11.9. The molecule has 1 aliphatic rings. The van der Waals surface area contributed by atoms with Gasteiger partial charge in [0.25, 0.3) is 5.91 Å². The van der Waals surface area contributed by atoms with E-state index in [-0.39, 0.29) is 23.4 Å². The Morgan fingerprint density at radius 1 is 1.00 bits per heavy atom. The van der Waals surface area contributed by atoms with Gasteiger partial charge < -0.3 is 9.80 Å². The zero-order chi connectivity index (χ0) is 17.3. The fraction of sp³-hybridized carbons (Fsp3) is 0.176. The quantitative estimate of drug-likeness (QED) is 0.782. The zero-order valence-corrected chi connectivity index (χ0v) is 14.8. The van der Waals surface area contributed by atoms with Gasteiger partial charge in [0.05, 0.1) is 15.6 Å². The number of carbonyl (C=O) groups is 2. The van der Waals surface area contributed by atoms with Crippen molar-refractivity contribution in [1.29, 1.82) is 0 Å². The molecule has 0 spiro atoms. The number of hydrogen-bond acceptors (Lipinski definition) is 2. The maximum atomic E-state index is 12.6. The Morgan fingerprint density at radius 2 is 1.75 bits per heavy atom. The number of amides is 2. The van der Waals surface area contributed by atoms with E-state index in [1.54, 1.807) is 41.3 Å². The van der Waals surface area contributed by atoms with E-state index in [4.69, 9.17) is 34.8 Å². The molecule has 124 valence electrons. The molecule has 7 heteroatoms. The van der Waals surface area contributed by atoms with Gasteiger partial charge in [-0.1, -0.05) is 46.9 Å². The van der Waals surface area contributed by atoms with E-state index in [1.807, 2.05) is 6.07 Å². The average Bonchev–Trinajstić information content (AvgIpc) is 2.56. The Kier molecular flexibility index (Phi) is 4.99. The van der Waals surface area contributed by atoms with Crippen molar-refractivity contribution >= 4 is 52.3 Å². The highest BCUT2D eigenvalue weighted by Crippen LogP contribution is 2.27. The van der Waals surface area contributed by atoms with Crippen molar-refractivity contribution in [3.63, 3.8) is 0 Å². The fourth-order valence-corrected chi connectivity index (χ4v) is 3.17. The molecule has 1 aliphatic heterocycles. The number of rotatable bonds is 2. The third-order valence-corrected chi connectivity index (χ3v) is 4.86. The average molecular weight is 384 g/mol. The number of carbonyl (C=O) groups excluding carboxylic acids is 2. The van der Waals surface area contributed by atoms with Crippen LogP contribution in [0.3, 0.4) is 0 Å². The van der Waals surface area contributed by atoms with Gasteiger partial charge in [0.1, 0.15) is 6.54 Å². The van der Waals surface area contributed by atoms with E-state index in [9.17, 15) is 9.59 Å². The van der Waals surface area contributed by atoms with Crippen LogP contribution in [0.15, 0.2) is 42.5 Å². The Labute approximate surface area is 154 Å². The monoisotopic (exact) mass is 382 g/mol. The second-order valence-corrected chi connectivity index (χ2v) is 6.57. The number of benzene rings is 2. The summed E-state index contributed by atoms with van der Waals surface area (Å²) in [4.78, 5) is 28.1. The van der Waals surface area contributed by atoms with Gasteiger partial charge >= 0.3 is 0 Å². The molecule has 0 radical (unpaired) electrons. The molecule has 0 aliphatic carbocycles. The van der Waals surface area contributed by atoms with Crippen LogP contribution in [0.25, 0.3) is 0 Å². The first-order chi connectivity index (χ1) is 11.5. The van der Waals surface area contributed by atoms with E-state index >= 15 is 0 Å². The van der Waals surface area contributed by atoms with Crippen molar-refractivity contribution in [1.82, 2.24) is 4.90 Å². The Morgan fingerprint density at radius 3 is 2.46 bits per heavy atom. The van der Waals surface area contributed by atoms with Crippen molar-refractivity contribution in [2.24, 2.45) is 0 Å². The first kappa shape index (κ1) is 17.1. The topological polar surface area (TPSA) is 40.6 Å². The first-order valence-electron chi connectivity index (χ1n) is 7.26. The lowest BCUT2D eigenvalue weighted by atomic mass is 10.1. The summed E-state index contributed by atoms with van der Waals surface area (Å²) in [6.45, 7) is 0.775. The first-order valence-corrected chi connectivity index (χ1v) is 8.40. The molecule has 1 fully saturated rings. The lowest BCUT2D eigenvalue weighted by molar-refractivity contribution is -0.120. The molecule has 0 aromatic heterocycles. The number of hydrogen-bond donors (Lipinski definition) is 0. The number of piperazine rings is 1. The van der Waals surface area contributed by atoms with Crippen molar-refractivity contribution in [3.05, 3.63) is 63.1 Å². The predicted molar refractivity (Wildman–Crippen MR) is 96.2 cm³/mol. The molecule has 2 amide bonds. The third-order valence-electron chi connectivity index (χ3n) is 3.81. The van der Waals surface area contributed by atoms with Crippen LogP contribution < -0.4 is 4.90 Å². The Bertz CT molecular complexity index is 810. The molecule has 0 atom stereocenters. The van der Waals surface area contributed by atoms with Crippen molar-refractivity contribution in [2.75, 3.05) is 24.5 Å². The lowest BCUT2D eigenvalue weighted by Crippen LogP contribution is -2.52. The standard InChI is InChI=1S/C17H13Cl3N2O2/c18-11-3-1-4-12(9-11)22-8-7-21(10-15(22)23)17(24)13-5-2-6-14(19)16(13)20/h1-6,9H,7-8,10H2. The highest BCUT2D eigenvalue weighted by atomic mass is 35.5. The summed E-state index contributed by atoms with van der Waals surface area (Å²) in [5, 5.41) is 1.07. The van der Waals surface area contributed by atoms with Gasteiger partial charge in [-0.15, -0.1) is 0 Å².